The molecule has 224 valence electrons. The smallest absolute Gasteiger partial charge is 0.264 e. The van der Waals surface area contributed by atoms with Gasteiger partial charge in [0.2, 0.25) is 11.8 Å². The van der Waals surface area contributed by atoms with Gasteiger partial charge in [-0.15, -0.1) is 0 Å². The summed E-state index contributed by atoms with van der Waals surface area (Å²) in [5, 5.41) is 3.27. The van der Waals surface area contributed by atoms with Crippen LogP contribution in [0.4, 0.5) is 5.69 Å². The van der Waals surface area contributed by atoms with Gasteiger partial charge in [-0.05, 0) is 54.1 Å². The number of anilines is 1. The predicted octanol–water partition coefficient (Wildman–Crippen LogP) is 5.58. The minimum atomic E-state index is -4.23. The SMILES string of the molecule is CNC(=O)[C@H](Cc1ccccc1)N(Cc1c(Cl)cccc1Cl)C(=O)CN(c1ccccc1)S(=O)(=O)c1ccc(OC)cc1. The molecule has 0 saturated heterocycles. The maximum atomic E-state index is 14.3. The fourth-order valence-electron chi connectivity index (χ4n) is 4.57. The Kier molecular flexibility index (Phi) is 10.7. The quantitative estimate of drug-likeness (QED) is 0.218. The molecule has 0 unspecified atom stereocenters. The van der Waals surface area contributed by atoms with Gasteiger partial charge < -0.3 is 15.0 Å². The second-order valence-electron chi connectivity index (χ2n) is 9.56. The third-order valence-corrected chi connectivity index (χ3v) is 9.37. The van der Waals surface area contributed by atoms with Gasteiger partial charge in [-0.1, -0.05) is 77.8 Å². The molecule has 1 atom stereocenters. The number of nitrogens with zero attached hydrogens (tertiary/aromatic N) is 2. The van der Waals surface area contributed by atoms with Crippen LogP contribution in [0, 0.1) is 0 Å². The van der Waals surface area contributed by atoms with Crippen LogP contribution < -0.4 is 14.4 Å². The highest BCUT2D eigenvalue weighted by molar-refractivity contribution is 7.92. The summed E-state index contributed by atoms with van der Waals surface area (Å²) in [5.74, 6) is -0.565. The van der Waals surface area contributed by atoms with Gasteiger partial charge in [0.15, 0.2) is 0 Å². The molecule has 8 nitrogen and oxygen atoms in total. The number of nitrogens with one attached hydrogen (secondary N) is 1. The average molecular weight is 641 g/mol. The van der Waals surface area contributed by atoms with Crippen molar-refractivity contribution in [1.82, 2.24) is 10.2 Å². The van der Waals surface area contributed by atoms with Crippen LogP contribution in [0.2, 0.25) is 10.0 Å². The van der Waals surface area contributed by atoms with Crippen LogP contribution in [0.25, 0.3) is 0 Å². The van der Waals surface area contributed by atoms with Gasteiger partial charge in [0.25, 0.3) is 10.0 Å². The van der Waals surface area contributed by atoms with Crippen molar-refractivity contribution in [2.75, 3.05) is 25.0 Å². The third kappa shape index (κ3) is 7.67. The molecular formula is C32H31Cl2N3O5S. The minimum absolute atomic E-state index is 0.0298. The Balaban J connectivity index is 1.80. The third-order valence-electron chi connectivity index (χ3n) is 6.88. The number of sulfonamides is 1. The molecule has 0 aliphatic rings. The van der Waals surface area contributed by atoms with Crippen LogP contribution in [-0.4, -0.2) is 51.9 Å². The minimum Gasteiger partial charge on any atom is -0.497 e. The van der Waals surface area contributed by atoms with E-state index in [1.165, 1.54) is 43.3 Å². The second kappa shape index (κ2) is 14.4. The van der Waals surface area contributed by atoms with E-state index in [4.69, 9.17) is 27.9 Å². The lowest BCUT2D eigenvalue weighted by molar-refractivity contribution is -0.139. The first-order valence-electron chi connectivity index (χ1n) is 13.4. The molecule has 0 bridgehead atoms. The fraction of sp³-hybridized carbons (Fsp3) is 0.188. The van der Waals surface area contributed by atoms with E-state index in [1.807, 2.05) is 30.3 Å². The Labute approximate surface area is 261 Å². The maximum absolute atomic E-state index is 14.3. The van der Waals surface area contributed by atoms with Crippen LogP contribution in [0.1, 0.15) is 11.1 Å². The number of hydrogen-bond donors (Lipinski definition) is 1. The van der Waals surface area contributed by atoms with Crippen molar-refractivity contribution in [3.05, 3.63) is 124 Å². The van der Waals surface area contributed by atoms with E-state index in [-0.39, 0.29) is 23.5 Å². The molecule has 43 heavy (non-hydrogen) atoms. The highest BCUT2D eigenvalue weighted by atomic mass is 35.5. The zero-order chi connectivity index (χ0) is 31.0. The molecule has 4 aromatic rings. The Hall–Kier alpha value is -4.05. The zero-order valence-corrected chi connectivity index (χ0v) is 25.9. The van der Waals surface area contributed by atoms with Crippen molar-refractivity contribution in [2.24, 2.45) is 0 Å². The first kappa shape index (κ1) is 31.9. The molecule has 0 aliphatic heterocycles. The van der Waals surface area contributed by atoms with Gasteiger partial charge in [-0.25, -0.2) is 8.42 Å². The van der Waals surface area contributed by atoms with Crippen molar-refractivity contribution in [1.29, 1.82) is 0 Å². The standard InChI is InChI=1S/C32H31Cl2N3O5S/c1-35-32(39)30(20-23-10-5-3-6-11-23)36(21-27-28(33)14-9-15-29(27)34)31(38)22-37(24-12-7-4-8-13-24)43(40,41)26-18-16-25(42-2)17-19-26/h3-19,30H,20-22H2,1-2H3,(H,35,39)/t30-/m0/s1. The van der Waals surface area contributed by atoms with Crippen LogP contribution in [-0.2, 0) is 32.6 Å². The second-order valence-corrected chi connectivity index (χ2v) is 12.2. The summed E-state index contributed by atoms with van der Waals surface area (Å²) in [7, 11) is -1.26. The summed E-state index contributed by atoms with van der Waals surface area (Å²) in [5.41, 5.74) is 1.53. The summed E-state index contributed by atoms with van der Waals surface area (Å²) in [6.07, 6.45) is 0.172. The number of carbonyl (C=O) groups is 2. The normalized spacial score (nSPS) is 11.8. The molecular weight excluding hydrogens is 609 g/mol. The Morgan fingerprint density at radius 3 is 1.98 bits per heavy atom. The topological polar surface area (TPSA) is 96.0 Å². The fourth-order valence-corrected chi connectivity index (χ4v) is 6.50. The molecule has 0 aromatic heterocycles. The van der Waals surface area contributed by atoms with Crippen LogP contribution in [0.15, 0.2) is 108 Å². The van der Waals surface area contributed by atoms with Crippen molar-refractivity contribution >= 4 is 50.7 Å². The number of methoxy groups -OCH3 is 1. The van der Waals surface area contributed by atoms with Crippen molar-refractivity contribution in [3.63, 3.8) is 0 Å². The average Bonchev–Trinajstić information content (AvgIpc) is 3.03. The van der Waals surface area contributed by atoms with Crippen molar-refractivity contribution in [2.45, 2.75) is 23.9 Å². The Morgan fingerprint density at radius 1 is 0.837 bits per heavy atom. The molecule has 0 spiro atoms. The number of benzene rings is 4. The predicted molar refractivity (Wildman–Crippen MR) is 169 cm³/mol. The summed E-state index contributed by atoms with van der Waals surface area (Å²) in [4.78, 5) is 29.0. The monoisotopic (exact) mass is 639 g/mol. The first-order chi connectivity index (χ1) is 20.6. The lowest BCUT2D eigenvalue weighted by Crippen LogP contribution is -2.53. The molecule has 11 heteroatoms. The Morgan fingerprint density at radius 2 is 1.42 bits per heavy atom. The van der Waals surface area contributed by atoms with Gasteiger partial charge in [-0.3, -0.25) is 13.9 Å². The van der Waals surface area contributed by atoms with Crippen LogP contribution in [0.3, 0.4) is 0 Å². The van der Waals surface area contributed by atoms with E-state index in [9.17, 15) is 18.0 Å². The number of rotatable bonds is 12. The van der Waals surface area contributed by atoms with Crippen LogP contribution >= 0.6 is 23.2 Å². The highest BCUT2D eigenvalue weighted by Gasteiger charge is 2.35. The Bertz CT molecular complexity index is 1630. The molecule has 0 heterocycles. The van der Waals surface area contributed by atoms with E-state index in [0.717, 1.165) is 9.87 Å². The highest BCUT2D eigenvalue weighted by Crippen LogP contribution is 2.29. The molecule has 4 aromatic carbocycles. The molecule has 0 aliphatic carbocycles. The summed E-state index contributed by atoms with van der Waals surface area (Å²) in [6, 6.07) is 27.4. The number of carbonyl (C=O) groups excluding carboxylic acids is 2. The summed E-state index contributed by atoms with van der Waals surface area (Å²) < 4.78 is 34.2. The molecule has 4 rings (SSSR count). The van der Waals surface area contributed by atoms with Gasteiger partial charge in [-0.2, -0.15) is 0 Å². The first-order valence-corrected chi connectivity index (χ1v) is 15.5. The summed E-state index contributed by atoms with van der Waals surface area (Å²) >= 11 is 13.0. The van der Waals surface area contributed by atoms with E-state index in [2.05, 4.69) is 5.32 Å². The van der Waals surface area contributed by atoms with Gasteiger partial charge in [0, 0.05) is 35.6 Å². The zero-order valence-electron chi connectivity index (χ0n) is 23.6. The molecule has 0 saturated carbocycles. The van der Waals surface area contributed by atoms with Crippen molar-refractivity contribution < 1.29 is 22.7 Å². The van der Waals surface area contributed by atoms with Crippen LogP contribution in [0.5, 0.6) is 5.75 Å². The van der Waals surface area contributed by atoms with E-state index in [1.54, 1.807) is 48.5 Å². The number of amides is 2. The summed E-state index contributed by atoms with van der Waals surface area (Å²) in [6.45, 7) is -0.726. The van der Waals surface area contributed by atoms with E-state index >= 15 is 0 Å². The number of para-hydroxylation sites is 1. The van der Waals surface area contributed by atoms with Gasteiger partial charge in [0.05, 0.1) is 17.7 Å². The lowest BCUT2D eigenvalue weighted by Gasteiger charge is -2.34. The van der Waals surface area contributed by atoms with E-state index in [0.29, 0.717) is 21.4 Å². The largest absolute Gasteiger partial charge is 0.497 e. The number of ether oxygens (including phenoxy) is 1. The number of likely N-dealkylation sites (N-methyl/N-ethyl adjacent to an activating group) is 1. The van der Waals surface area contributed by atoms with Crippen molar-refractivity contribution in [3.8, 4) is 5.75 Å². The lowest BCUT2D eigenvalue weighted by atomic mass is 10.0. The van der Waals surface area contributed by atoms with Gasteiger partial charge in [0.1, 0.15) is 18.3 Å². The maximum Gasteiger partial charge on any atom is 0.264 e. The number of halogens is 2. The van der Waals surface area contributed by atoms with Gasteiger partial charge >= 0.3 is 0 Å². The molecule has 1 N–H and O–H groups in total. The number of hydrogen-bond acceptors (Lipinski definition) is 5. The molecule has 0 radical (unpaired) electrons. The molecule has 0 fully saturated rings. The van der Waals surface area contributed by atoms with E-state index < -0.39 is 34.4 Å². The molecule has 2 amide bonds.